The molecule has 2 amide bonds. The van der Waals surface area contributed by atoms with Crippen molar-refractivity contribution in [3.63, 3.8) is 0 Å². The van der Waals surface area contributed by atoms with Crippen molar-refractivity contribution in [1.29, 1.82) is 0 Å². The maximum absolute atomic E-state index is 13.5. The third-order valence-electron chi connectivity index (χ3n) is 7.00. The van der Waals surface area contributed by atoms with Gasteiger partial charge in [-0.1, -0.05) is 60.7 Å². The summed E-state index contributed by atoms with van der Waals surface area (Å²) in [5, 5.41) is 3.50. The molecule has 6 nitrogen and oxygen atoms in total. The predicted octanol–water partition coefficient (Wildman–Crippen LogP) is 3.44. The molecule has 2 aliphatic heterocycles. The van der Waals surface area contributed by atoms with E-state index < -0.39 is 6.04 Å². The molecular weight excluding hydrogens is 424 g/mol. The number of rotatable bonds is 4. The van der Waals surface area contributed by atoms with Gasteiger partial charge in [-0.3, -0.25) is 19.5 Å². The Balaban J connectivity index is 1.20. The van der Waals surface area contributed by atoms with E-state index in [4.69, 9.17) is 0 Å². The van der Waals surface area contributed by atoms with E-state index in [1.807, 2.05) is 24.3 Å². The van der Waals surface area contributed by atoms with Crippen LogP contribution < -0.4 is 0 Å². The number of fused-ring (bicyclic) bond motifs is 3. The van der Waals surface area contributed by atoms with Crippen LogP contribution in [0.5, 0.6) is 0 Å². The summed E-state index contributed by atoms with van der Waals surface area (Å²) >= 11 is 0. The van der Waals surface area contributed by atoms with Crippen LogP contribution in [-0.2, 0) is 22.7 Å². The minimum Gasteiger partial charge on any atom is -0.327 e. The van der Waals surface area contributed by atoms with E-state index in [2.05, 4.69) is 58.4 Å². The minimum absolute atomic E-state index is 0.0235. The van der Waals surface area contributed by atoms with Crippen LogP contribution in [-0.4, -0.2) is 63.7 Å². The number of piperazine rings is 2. The number of hydrogen-bond acceptors (Lipinski definition) is 4. The number of para-hydroxylation sites is 1. The van der Waals surface area contributed by atoms with E-state index in [1.165, 1.54) is 16.3 Å². The molecular formula is C28H26N4O2. The van der Waals surface area contributed by atoms with Gasteiger partial charge in [-0.05, 0) is 34.0 Å². The summed E-state index contributed by atoms with van der Waals surface area (Å²) in [6.07, 6.45) is 1.81. The predicted molar refractivity (Wildman–Crippen MR) is 132 cm³/mol. The van der Waals surface area contributed by atoms with Gasteiger partial charge in [0.25, 0.3) is 0 Å². The molecule has 2 fully saturated rings. The molecule has 0 radical (unpaired) electrons. The van der Waals surface area contributed by atoms with Crippen LogP contribution in [0.4, 0.5) is 0 Å². The number of carbonyl (C=O) groups is 2. The minimum atomic E-state index is -0.432. The Labute approximate surface area is 198 Å². The maximum Gasteiger partial charge on any atom is 0.247 e. The topological polar surface area (TPSA) is 56.8 Å². The van der Waals surface area contributed by atoms with Gasteiger partial charge in [0.2, 0.25) is 11.8 Å². The highest BCUT2D eigenvalue weighted by Crippen LogP contribution is 2.24. The second-order valence-electron chi connectivity index (χ2n) is 9.21. The number of nitrogens with zero attached hydrogens (tertiary/aromatic N) is 4. The van der Waals surface area contributed by atoms with Gasteiger partial charge in [-0.25, -0.2) is 0 Å². The van der Waals surface area contributed by atoms with Gasteiger partial charge in [0.05, 0.1) is 5.52 Å². The lowest BCUT2D eigenvalue weighted by Gasteiger charge is -2.46. The summed E-state index contributed by atoms with van der Waals surface area (Å²) in [4.78, 5) is 36.7. The van der Waals surface area contributed by atoms with E-state index >= 15 is 0 Å². The van der Waals surface area contributed by atoms with Gasteiger partial charge in [0.1, 0.15) is 12.6 Å². The summed E-state index contributed by atoms with van der Waals surface area (Å²) < 4.78 is 0. The summed E-state index contributed by atoms with van der Waals surface area (Å²) in [5.74, 6) is 0.0542. The van der Waals surface area contributed by atoms with Crippen molar-refractivity contribution in [3.8, 4) is 0 Å². The summed E-state index contributed by atoms with van der Waals surface area (Å²) in [5.41, 5.74) is 3.12. The van der Waals surface area contributed by atoms with Crippen LogP contribution in [0, 0.1) is 0 Å². The molecule has 34 heavy (non-hydrogen) atoms. The number of hydrogen-bond donors (Lipinski definition) is 0. The smallest absolute Gasteiger partial charge is 0.247 e. The van der Waals surface area contributed by atoms with Crippen molar-refractivity contribution in [2.24, 2.45) is 0 Å². The fourth-order valence-electron chi connectivity index (χ4n) is 5.26. The highest BCUT2D eigenvalue weighted by molar-refractivity contribution is 5.95. The first-order valence-corrected chi connectivity index (χ1v) is 11.8. The zero-order chi connectivity index (χ0) is 23.1. The molecule has 6 rings (SSSR count). The van der Waals surface area contributed by atoms with Gasteiger partial charge in [-0.15, -0.1) is 0 Å². The first-order chi connectivity index (χ1) is 16.7. The molecule has 0 bridgehead atoms. The van der Waals surface area contributed by atoms with Gasteiger partial charge in [0.15, 0.2) is 0 Å². The number of pyridine rings is 1. The van der Waals surface area contributed by atoms with Gasteiger partial charge < -0.3 is 9.80 Å². The van der Waals surface area contributed by atoms with Crippen molar-refractivity contribution in [2.45, 2.75) is 19.1 Å². The Bertz CT molecular complexity index is 1400. The number of carbonyl (C=O) groups excluding carboxylic acids is 2. The molecule has 3 aromatic carbocycles. The zero-order valence-electron chi connectivity index (χ0n) is 18.9. The van der Waals surface area contributed by atoms with Crippen LogP contribution in [0.3, 0.4) is 0 Å². The van der Waals surface area contributed by atoms with Crippen LogP contribution in [0.1, 0.15) is 11.1 Å². The quantitative estimate of drug-likeness (QED) is 0.478. The Morgan fingerprint density at radius 2 is 1.65 bits per heavy atom. The molecule has 1 atom stereocenters. The van der Waals surface area contributed by atoms with Crippen molar-refractivity contribution >= 4 is 33.5 Å². The highest BCUT2D eigenvalue weighted by Gasteiger charge is 2.42. The molecule has 4 aromatic rings. The largest absolute Gasteiger partial charge is 0.327 e. The summed E-state index contributed by atoms with van der Waals surface area (Å²) in [6, 6.07) is 24.3. The Morgan fingerprint density at radius 1 is 0.853 bits per heavy atom. The third-order valence-corrected chi connectivity index (χ3v) is 7.00. The molecule has 1 aromatic heterocycles. The van der Waals surface area contributed by atoms with Gasteiger partial charge >= 0.3 is 0 Å². The molecule has 6 heteroatoms. The van der Waals surface area contributed by atoms with Gasteiger partial charge in [-0.2, -0.15) is 0 Å². The highest BCUT2D eigenvalue weighted by atomic mass is 16.2. The summed E-state index contributed by atoms with van der Waals surface area (Å²) in [7, 11) is 0. The number of benzene rings is 3. The normalized spacial score (nSPS) is 19.1. The Kier molecular flexibility index (Phi) is 5.23. The molecule has 2 aliphatic rings. The standard InChI is InChI=1S/C28H26N4O2/c33-27-19-31(16-20-14-22-7-2-4-11-25(22)29-15-20)28(34)26-18-30(12-13-32(26)27)17-23-9-5-8-21-6-1-3-10-24(21)23/h1-11,14-15,26H,12-13,16-19H2. The van der Waals surface area contributed by atoms with Crippen molar-refractivity contribution in [1.82, 2.24) is 19.7 Å². The zero-order valence-corrected chi connectivity index (χ0v) is 18.9. The molecule has 0 spiro atoms. The number of aromatic nitrogens is 1. The fraction of sp³-hybridized carbons (Fsp3) is 0.250. The van der Waals surface area contributed by atoms with E-state index in [0.29, 0.717) is 19.6 Å². The first-order valence-electron chi connectivity index (χ1n) is 11.8. The van der Waals surface area contributed by atoms with E-state index in [-0.39, 0.29) is 18.4 Å². The van der Waals surface area contributed by atoms with Crippen molar-refractivity contribution in [2.75, 3.05) is 26.2 Å². The lowest BCUT2D eigenvalue weighted by atomic mass is 10.0. The molecule has 0 saturated carbocycles. The molecule has 170 valence electrons. The lowest BCUT2D eigenvalue weighted by Crippen LogP contribution is -2.66. The van der Waals surface area contributed by atoms with Crippen LogP contribution in [0.15, 0.2) is 79.0 Å². The average molecular weight is 451 g/mol. The lowest BCUT2D eigenvalue weighted by molar-refractivity contribution is -0.160. The first kappa shape index (κ1) is 20.8. The number of amides is 2. The SMILES string of the molecule is O=C1C2CN(Cc3cccc4ccccc34)CCN2C(=O)CN1Cc1cnc2ccccc2c1. The summed E-state index contributed by atoms with van der Waals surface area (Å²) in [6.45, 7) is 3.21. The monoisotopic (exact) mass is 450 g/mol. The Morgan fingerprint density at radius 3 is 2.56 bits per heavy atom. The second-order valence-corrected chi connectivity index (χ2v) is 9.21. The van der Waals surface area contributed by atoms with Crippen LogP contribution in [0.25, 0.3) is 21.7 Å². The fourth-order valence-corrected chi connectivity index (χ4v) is 5.26. The molecule has 3 heterocycles. The van der Waals surface area contributed by atoms with Crippen LogP contribution >= 0.6 is 0 Å². The van der Waals surface area contributed by atoms with E-state index in [1.54, 1.807) is 16.0 Å². The van der Waals surface area contributed by atoms with Crippen molar-refractivity contribution < 1.29 is 9.59 Å². The van der Waals surface area contributed by atoms with E-state index in [0.717, 1.165) is 29.6 Å². The van der Waals surface area contributed by atoms with E-state index in [9.17, 15) is 9.59 Å². The molecule has 2 saturated heterocycles. The van der Waals surface area contributed by atoms with Crippen molar-refractivity contribution in [3.05, 3.63) is 90.1 Å². The van der Waals surface area contributed by atoms with Crippen LogP contribution in [0.2, 0.25) is 0 Å². The third kappa shape index (κ3) is 3.80. The molecule has 0 N–H and O–H groups in total. The van der Waals surface area contributed by atoms with Gasteiger partial charge in [0, 0.05) is 44.3 Å². The maximum atomic E-state index is 13.5. The molecule has 0 aliphatic carbocycles. The molecule has 1 unspecified atom stereocenters. The average Bonchev–Trinajstić information content (AvgIpc) is 2.87. The Hall–Kier alpha value is -3.77. The second kappa shape index (κ2) is 8.54.